The number of aliphatic carboxylic acids is 1. The number of halogens is 1. The Hall–Kier alpha value is -3.39. The van der Waals surface area contributed by atoms with Gasteiger partial charge in [-0.15, -0.1) is 0 Å². The lowest BCUT2D eigenvalue weighted by atomic mass is 9.99. The summed E-state index contributed by atoms with van der Waals surface area (Å²) >= 11 is 6.05. The van der Waals surface area contributed by atoms with Gasteiger partial charge in [0.2, 0.25) is 5.91 Å². The van der Waals surface area contributed by atoms with Gasteiger partial charge in [-0.1, -0.05) is 48.0 Å². The van der Waals surface area contributed by atoms with E-state index in [-0.39, 0.29) is 31.8 Å². The molecule has 0 aliphatic heterocycles. The number of carbonyl (C=O) groups excluding carboxylic acids is 3. The van der Waals surface area contributed by atoms with Gasteiger partial charge < -0.3 is 20.1 Å². The molecule has 176 valence electrons. The summed E-state index contributed by atoms with van der Waals surface area (Å²) in [6, 6.07) is 14.4. The Morgan fingerprint density at radius 3 is 2.33 bits per heavy atom. The second-order valence-electron chi connectivity index (χ2n) is 7.72. The van der Waals surface area contributed by atoms with E-state index >= 15 is 0 Å². The molecular formula is C24H27ClN2O6. The van der Waals surface area contributed by atoms with E-state index in [0.717, 1.165) is 16.7 Å². The highest BCUT2D eigenvalue weighted by molar-refractivity contribution is 6.30. The molecular weight excluding hydrogens is 448 g/mol. The Kier molecular flexibility index (Phi) is 9.87. The Bertz CT molecular complexity index is 991. The van der Waals surface area contributed by atoms with Crippen molar-refractivity contribution in [3.05, 3.63) is 59.1 Å². The average Bonchev–Trinajstić information content (AvgIpc) is 2.76. The Morgan fingerprint density at radius 2 is 1.73 bits per heavy atom. The first-order valence-electron chi connectivity index (χ1n) is 10.4. The summed E-state index contributed by atoms with van der Waals surface area (Å²) in [5.41, 5.74) is 2.79. The maximum atomic E-state index is 12.2. The molecule has 9 heteroatoms. The largest absolute Gasteiger partial charge is 0.481 e. The normalized spacial score (nSPS) is 11.4. The molecule has 0 radical (unpaired) electrons. The molecule has 8 nitrogen and oxygen atoms in total. The fourth-order valence-electron chi connectivity index (χ4n) is 3.01. The van der Waals surface area contributed by atoms with Crippen molar-refractivity contribution >= 4 is 35.4 Å². The van der Waals surface area contributed by atoms with Crippen LogP contribution in [0.2, 0.25) is 5.02 Å². The van der Waals surface area contributed by atoms with E-state index in [1.54, 1.807) is 20.2 Å². The van der Waals surface area contributed by atoms with Crippen molar-refractivity contribution in [3.63, 3.8) is 0 Å². The quantitative estimate of drug-likeness (QED) is 0.484. The van der Waals surface area contributed by atoms with Crippen LogP contribution in [0.25, 0.3) is 11.1 Å². The van der Waals surface area contributed by atoms with Gasteiger partial charge in [0.05, 0.1) is 12.8 Å². The van der Waals surface area contributed by atoms with Gasteiger partial charge >= 0.3 is 11.9 Å². The SMILES string of the molecule is CN(C)C(=O)COC(=O)C[C@@H](Cc1ccc(-c2cccc(Cl)c2)cc1)NC(=O)CCC(=O)O. The van der Waals surface area contributed by atoms with Crippen molar-refractivity contribution in [1.29, 1.82) is 0 Å². The van der Waals surface area contributed by atoms with Crippen molar-refractivity contribution in [1.82, 2.24) is 10.2 Å². The third kappa shape index (κ3) is 9.33. The maximum absolute atomic E-state index is 12.2. The smallest absolute Gasteiger partial charge is 0.308 e. The van der Waals surface area contributed by atoms with E-state index in [1.165, 1.54) is 4.90 Å². The van der Waals surface area contributed by atoms with E-state index in [4.69, 9.17) is 21.4 Å². The van der Waals surface area contributed by atoms with Crippen LogP contribution in [0.5, 0.6) is 0 Å². The second-order valence-corrected chi connectivity index (χ2v) is 8.16. The number of carboxylic acid groups (broad SMARTS) is 1. The monoisotopic (exact) mass is 474 g/mol. The molecule has 33 heavy (non-hydrogen) atoms. The number of nitrogens with one attached hydrogen (secondary N) is 1. The number of nitrogens with zero attached hydrogens (tertiary/aromatic N) is 1. The van der Waals surface area contributed by atoms with Gasteiger partial charge in [-0.2, -0.15) is 0 Å². The summed E-state index contributed by atoms with van der Waals surface area (Å²) in [5, 5.41) is 12.1. The number of carboxylic acids is 1. The highest BCUT2D eigenvalue weighted by Gasteiger charge is 2.20. The lowest BCUT2D eigenvalue weighted by Crippen LogP contribution is -2.39. The Labute approximate surface area is 197 Å². The molecule has 0 bridgehead atoms. The van der Waals surface area contributed by atoms with Crippen LogP contribution in [0, 0.1) is 0 Å². The number of rotatable bonds is 11. The van der Waals surface area contributed by atoms with Crippen LogP contribution in [-0.2, 0) is 30.3 Å². The number of likely N-dealkylation sites (N-methyl/N-ethyl adjacent to an activating group) is 1. The second kappa shape index (κ2) is 12.6. The fourth-order valence-corrected chi connectivity index (χ4v) is 3.20. The summed E-state index contributed by atoms with van der Waals surface area (Å²) in [6.45, 7) is -0.389. The summed E-state index contributed by atoms with van der Waals surface area (Å²) in [5.74, 6) is -2.55. The zero-order valence-corrected chi connectivity index (χ0v) is 19.3. The fraction of sp³-hybridized carbons (Fsp3) is 0.333. The first-order chi connectivity index (χ1) is 15.6. The Balaban J connectivity index is 2.06. The molecule has 0 saturated carbocycles. The number of esters is 1. The molecule has 0 heterocycles. The predicted molar refractivity (Wildman–Crippen MR) is 124 cm³/mol. The highest BCUT2D eigenvalue weighted by Crippen LogP contribution is 2.23. The van der Waals surface area contributed by atoms with E-state index in [0.29, 0.717) is 11.4 Å². The van der Waals surface area contributed by atoms with Crippen molar-refractivity contribution in [2.24, 2.45) is 0 Å². The molecule has 2 amide bonds. The standard InChI is InChI=1S/C24H27ClN2O6/c1-27(2)22(29)15-33-24(32)14-20(26-21(28)10-11-23(30)31)12-16-6-8-17(9-7-16)18-4-3-5-19(25)13-18/h3-9,13,20H,10-12,14-15H2,1-2H3,(H,26,28)(H,30,31)/t20-/m1/s1. The van der Waals surface area contributed by atoms with E-state index < -0.39 is 23.9 Å². The molecule has 0 spiro atoms. The van der Waals surface area contributed by atoms with Gasteiger partial charge in [0, 0.05) is 31.6 Å². The number of amides is 2. The molecule has 2 aromatic carbocycles. The van der Waals surface area contributed by atoms with Crippen molar-refractivity contribution in [3.8, 4) is 11.1 Å². The van der Waals surface area contributed by atoms with Crippen LogP contribution in [-0.4, -0.2) is 60.5 Å². The summed E-state index contributed by atoms with van der Waals surface area (Å²) < 4.78 is 5.01. The summed E-state index contributed by atoms with van der Waals surface area (Å²) in [6.07, 6.45) is -0.344. The van der Waals surface area contributed by atoms with E-state index in [9.17, 15) is 19.2 Å². The third-order valence-electron chi connectivity index (χ3n) is 4.79. The van der Waals surface area contributed by atoms with Crippen LogP contribution in [0.1, 0.15) is 24.8 Å². The maximum Gasteiger partial charge on any atom is 0.308 e. The van der Waals surface area contributed by atoms with Crippen molar-refractivity contribution < 1.29 is 29.0 Å². The summed E-state index contributed by atoms with van der Waals surface area (Å²) in [4.78, 5) is 48.1. The number of benzene rings is 2. The third-order valence-corrected chi connectivity index (χ3v) is 5.03. The first kappa shape index (κ1) is 25.9. The number of carbonyl (C=O) groups is 4. The van der Waals surface area contributed by atoms with Gasteiger partial charge in [0.1, 0.15) is 0 Å². The van der Waals surface area contributed by atoms with Crippen LogP contribution < -0.4 is 5.32 Å². The minimum Gasteiger partial charge on any atom is -0.481 e. The highest BCUT2D eigenvalue weighted by atomic mass is 35.5. The molecule has 2 aromatic rings. The lowest BCUT2D eigenvalue weighted by molar-refractivity contribution is -0.151. The number of ether oxygens (including phenoxy) is 1. The molecule has 0 saturated heterocycles. The summed E-state index contributed by atoms with van der Waals surface area (Å²) in [7, 11) is 3.10. The van der Waals surface area contributed by atoms with Crippen molar-refractivity contribution in [2.75, 3.05) is 20.7 Å². The predicted octanol–water partition coefficient (Wildman–Crippen LogP) is 2.92. The molecule has 1 atom stereocenters. The van der Waals surface area contributed by atoms with Gasteiger partial charge in [0.15, 0.2) is 6.61 Å². The zero-order valence-electron chi connectivity index (χ0n) is 18.5. The number of hydrogen-bond acceptors (Lipinski definition) is 5. The lowest BCUT2D eigenvalue weighted by Gasteiger charge is -2.19. The van der Waals surface area contributed by atoms with E-state index in [2.05, 4.69) is 5.32 Å². The van der Waals surface area contributed by atoms with Gasteiger partial charge in [-0.25, -0.2) is 0 Å². The van der Waals surface area contributed by atoms with Gasteiger partial charge in [0.25, 0.3) is 5.91 Å². The van der Waals surface area contributed by atoms with E-state index in [1.807, 2.05) is 42.5 Å². The minimum absolute atomic E-state index is 0.157. The average molecular weight is 475 g/mol. The van der Waals surface area contributed by atoms with Crippen LogP contribution in [0.4, 0.5) is 0 Å². The molecule has 0 aliphatic carbocycles. The Morgan fingerprint density at radius 1 is 1.03 bits per heavy atom. The van der Waals surface area contributed by atoms with Crippen LogP contribution in [0.3, 0.4) is 0 Å². The molecule has 0 aromatic heterocycles. The molecule has 2 rings (SSSR count). The molecule has 0 aliphatic rings. The topological polar surface area (TPSA) is 113 Å². The first-order valence-corrected chi connectivity index (χ1v) is 10.7. The van der Waals surface area contributed by atoms with Gasteiger partial charge in [-0.05, 0) is 35.2 Å². The zero-order chi connectivity index (χ0) is 24.4. The minimum atomic E-state index is -1.08. The molecule has 0 fully saturated rings. The molecule has 0 unspecified atom stereocenters. The number of hydrogen-bond donors (Lipinski definition) is 2. The van der Waals surface area contributed by atoms with Crippen molar-refractivity contribution in [2.45, 2.75) is 31.7 Å². The van der Waals surface area contributed by atoms with Gasteiger partial charge in [-0.3, -0.25) is 19.2 Å². The van der Waals surface area contributed by atoms with Crippen LogP contribution in [0.15, 0.2) is 48.5 Å². The molecule has 2 N–H and O–H groups in total. The van der Waals surface area contributed by atoms with Crippen LogP contribution >= 0.6 is 11.6 Å².